The highest BCUT2D eigenvalue weighted by Crippen LogP contribution is 2.46. The minimum absolute atomic E-state index is 0.0901. The minimum atomic E-state index is -0.251. The lowest BCUT2D eigenvalue weighted by molar-refractivity contribution is -0.123. The molecule has 29 heavy (non-hydrogen) atoms. The number of para-hydroxylation sites is 1. The second-order valence-corrected chi connectivity index (χ2v) is 9.47. The molecule has 0 saturated carbocycles. The number of fused-ring (bicyclic) bond motifs is 1. The van der Waals surface area contributed by atoms with Crippen LogP contribution in [0.3, 0.4) is 0 Å². The third kappa shape index (κ3) is 4.67. The van der Waals surface area contributed by atoms with Gasteiger partial charge in [-0.2, -0.15) is 0 Å². The number of hydrogen-bond acceptors (Lipinski definition) is 6. The Morgan fingerprint density at radius 1 is 1.17 bits per heavy atom. The van der Waals surface area contributed by atoms with Crippen LogP contribution < -0.4 is 14.8 Å². The topological polar surface area (TPSA) is 60.7 Å². The maximum absolute atomic E-state index is 12.4. The Balaban J connectivity index is 1.36. The van der Waals surface area contributed by atoms with Crippen LogP contribution in [0.2, 0.25) is 0 Å². The number of thioether (sulfide) groups is 2. The van der Waals surface area contributed by atoms with E-state index in [1.165, 1.54) is 17.1 Å². The summed E-state index contributed by atoms with van der Waals surface area (Å²) in [5, 5.41) is 3.93. The van der Waals surface area contributed by atoms with Crippen LogP contribution in [0.15, 0.2) is 52.9 Å². The predicted octanol–water partition coefficient (Wildman–Crippen LogP) is 5.18. The molecular formula is C22H23NO4S2. The molecular weight excluding hydrogens is 406 g/mol. The standard InChI is InChI=1S/C22H23NO4S2/c1-14(19-11-15-5-3-4-6-17(15)27-19)23-21(24)13-26-18-8-7-16(12-20(18)25-2)22-28-9-10-29-22/h3-8,11-12,14,22H,9-10,13H2,1-2H3,(H,23,24). The Morgan fingerprint density at radius 2 is 1.97 bits per heavy atom. The molecule has 0 aliphatic carbocycles. The van der Waals surface area contributed by atoms with E-state index in [1.54, 1.807) is 7.11 Å². The van der Waals surface area contributed by atoms with Gasteiger partial charge in [-0.3, -0.25) is 4.79 Å². The van der Waals surface area contributed by atoms with E-state index in [1.807, 2.05) is 79.0 Å². The monoisotopic (exact) mass is 429 g/mol. The zero-order chi connectivity index (χ0) is 20.2. The highest BCUT2D eigenvalue weighted by Gasteiger charge is 2.20. The molecule has 0 spiro atoms. The first kappa shape index (κ1) is 20.0. The summed E-state index contributed by atoms with van der Waals surface area (Å²) < 4.78 is 17.4. The van der Waals surface area contributed by atoms with Crippen LogP contribution in [0, 0.1) is 0 Å². The van der Waals surface area contributed by atoms with E-state index < -0.39 is 0 Å². The quantitative estimate of drug-likeness (QED) is 0.559. The second-order valence-electron chi connectivity index (χ2n) is 6.75. The van der Waals surface area contributed by atoms with Gasteiger partial charge in [-0.1, -0.05) is 24.3 Å². The second kappa shape index (κ2) is 9.05. The first-order valence-electron chi connectivity index (χ1n) is 9.46. The number of carbonyl (C=O) groups excluding carboxylic acids is 1. The van der Waals surface area contributed by atoms with Crippen LogP contribution in [0.4, 0.5) is 0 Å². The molecule has 2 aromatic carbocycles. The number of rotatable bonds is 7. The SMILES string of the molecule is COc1cc(C2SCCS2)ccc1OCC(=O)NC(C)c1cc2ccccc2o1. The summed E-state index contributed by atoms with van der Waals surface area (Å²) >= 11 is 3.88. The molecule has 1 aliphatic rings. The maximum Gasteiger partial charge on any atom is 0.258 e. The van der Waals surface area contributed by atoms with Gasteiger partial charge in [-0.05, 0) is 36.8 Å². The number of nitrogens with one attached hydrogen (secondary N) is 1. The number of ether oxygens (including phenoxy) is 2. The largest absolute Gasteiger partial charge is 0.493 e. The molecule has 1 aliphatic heterocycles. The van der Waals surface area contributed by atoms with Crippen LogP contribution in [-0.2, 0) is 4.79 Å². The van der Waals surface area contributed by atoms with Crippen molar-refractivity contribution in [2.24, 2.45) is 0 Å². The van der Waals surface area contributed by atoms with Gasteiger partial charge in [0.2, 0.25) is 0 Å². The normalized spacial score (nSPS) is 15.4. The van der Waals surface area contributed by atoms with Gasteiger partial charge in [0.1, 0.15) is 11.3 Å². The molecule has 1 fully saturated rings. The van der Waals surface area contributed by atoms with Crippen LogP contribution in [-0.4, -0.2) is 31.1 Å². The smallest absolute Gasteiger partial charge is 0.258 e. The van der Waals surface area contributed by atoms with E-state index in [-0.39, 0.29) is 18.6 Å². The summed E-state index contributed by atoms with van der Waals surface area (Å²) in [4.78, 5) is 12.4. The molecule has 1 saturated heterocycles. The highest BCUT2D eigenvalue weighted by molar-refractivity contribution is 8.19. The summed E-state index contributed by atoms with van der Waals surface area (Å²) in [7, 11) is 1.62. The van der Waals surface area contributed by atoms with E-state index in [0.717, 1.165) is 11.0 Å². The van der Waals surface area contributed by atoms with E-state index in [4.69, 9.17) is 13.9 Å². The van der Waals surface area contributed by atoms with Crippen LogP contribution >= 0.6 is 23.5 Å². The molecule has 2 heterocycles. The Kier molecular flexibility index (Phi) is 6.25. The molecule has 5 nitrogen and oxygen atoms in total. The van der Waals surface area contributed by atoms with Crippen LogP contribution in [0.25, 0.3) is 11.0 Å². The molecule has 3 aromatic rings. The summed E-state index contributed by atoms with van der Waals surface area (Å²) in [6.45, 7) is 1.80. The van der Waals surface area contributed by atoms with E-state index in [9.17, 15) is 4.79 Å². The molecule has 1 atom stereocenters. The van der Waals surface area contributed by atoms with Crippen molar-refractivity contribution in [3.63, 3.8) is 0 Å². The average Bonchev–Trinajstić information content (AvgIpc) is 3.42. The van der Waals surface area contributed by atoms with Gasteiger partial charge >= 0.3 is 0 Å². The Hall–Kier alpha value is -2.25. The van der Waals surface area contributed by atoms with Gasteiger partial charge < -0.3 is 19.2 Å². The minimum Gasteiger partial charge on any atom is -0.493 e. The van der Waals surface area contributed by atoms with Gasteiger partial charge in [0.15, 0.2) is 18.1 Å². The fourth-order valence-electron chi connectivity index (χ4n) is 3.21. The lowest BCUT2D eigenvalue weighted by Crippen LogP contribution is -2.31. The molecule has 4 rings (SSSR count). The Labute approximate surface area is 178 Å². The Bertz CT molecular complexity index is 964. The lowest BCUT2D eigenvalue weighted by atomic mass is 10.2. The summed E-state index contributed by atoms with van der Waals surface area (Å²) in [5.41, 5.74) is 2.02. The van der Waals surface area contributed by atoms with Crippen molar-refractivity contribution in [1.82, 2.24) is 5.32 Å². The van der Waals surface area contributed by atoms with Crippen molar-refractivity contribution in [2.45, 2.75) is 17.5 Å². The van der Waals surface area contributed by atoms with E-state index in [2.05, 4.69) is 5.32 Å². The summed E-state index contributed by atoms with van der Waals surface area (Å²) in [6, 6.07) is 15.4. The van der Waals surface area contributed by atoms with Crippen molar-refractivity contribution in [3.05, 3.63) is 59.9 Å². The number of benzene rings is 2. The molecule has 1 amide bonds. The summed E-state index contributed by atoms with van der Waals surface area (Å²) in [6.07, 6.45) is 0. The van der Waals surface area contributed by atoms with Crippen molar-refractivity contribution < 1.29 is 18.7 Å². The molecule has 0 radical (unpaired) electrons. The number of methoxy groups -OCH3 is 1. The third-order valence-electron chi connectivity index (χ3n) is 4.69. The molecule has 152 valence electrons. The number of amides is 1. The average molecular weight is 430 g/mol. The fraction of sp³-hybridized carbons (Fsp3) is 0.318. The van der Waals surface area contributed by atoms with Crippen LogP contribution in [0.5, 0.6) is 11.5 Å². The van der Waals surface area contributed by atoms with Crippen molar-refractivity contribution in [3.8, 4) is 11.5 Å². The first-order valence-corrected chi connectivity index (χ1v) is 11.6. The number of carbonyl (C=O) groups is 1. The Morgan fingerprint density at radius 3 is 2.72 bits per heavy atom. The highest BCUT2D eigenvalue weighted by atomic mass is 32.2. The van der Waals surface area contributed by atoms with Crippen molar-refractivity contribution in [2.75, 3.05) is 25.2 Å². The van der Waals surface area contributed by atoms with E-state index >= 15 is 0 Å². The molecule has 1 unspecified atom stereocenters. The zero-order valence-electron chi connectivity index (χ0n) is 16.3. The first-order chi connectivity index (χ1) is 14.1. The fourth-order valence-corrected chi connectivity index (χ4v) is 6.05. The number of furan rings is 1. The van der Waals surface area contributed by atoms with E-state index in [0.29, 0.717) is 21.8 Å². The van der Waals surface area contributed by atoms with Crippen LogP contribution in [0.1, 0.15) is 28.9 Å². The predicted molar refractivity (Wildman–Crippen MR) is 119 cm³/mol. The van der Waals surface area contributed by atoms with Crippen molar-refractivity contribution in [1.29, 1.82) is 0 Å². The third-order valence-corrected chi connectivity index (χ3v) is 7.79. The van der Waals surface area contributed by atoms with Gasteiger partial charge in [0.25, 0.3) is 5.91 Å². The molecule has 7 heteroatoms. The van der Waals surface area contributed by atoms with Gasteiger partial charge in [0, 0.05) is 16.9 Å². The van der Waals surface area contributed by atoms with Gasteiger partial charge in [-0.25, -0.2) is 0 Å². The molecule has 1 aromatic heterocycles. The summed E-state index contributed by atoms with van der Waals surface area (Å²) in [5.74, 6) is 4.04. The maximum atomic E-state index is 12.4. The van der Waals surface area contributed by atoms with Gasteiger partial charge in [0.05, 0.1) is 17.7 Å². The molecule has 1 N–H and O–H groups in total. The zero-order valence-corrected chi connectivity index (χ0v) is 18.0. The van der Waals surface area contributed by atoms with Gasteiger partial charge in [-0.15, -0.1) is 23.5 Å². The number of hydrogen-bond donors (Lipinski definition) is 1. The molecule has 0 bridgehead atoms. The van der Waals surface area contributed by atoms with Crippen molar-refractivity contribution >= 4 is 40.4 Å². The lowest BCUT2D eigenvalue weighted by Gasteiger charge is -2.15.